The van der Waals surface area contributed by atoms with Gasteiger partial charge in [0.2, 0.25) is 5.88 Å². The first-order chi connectivity index (χ1) is 9.76. The number of amides is 1. The minimum Gasteiger partial charge on any atom is -0.497 e. The molecule has 0 bridgehead atoms. The number of hydrogen-bond acceptors (Lipinski definition) is 4. The first-order valence-corrected chi connectivity index (χ1v) is 6.42. The van der Waals surface area contributed by atoms with E-state index >= 15 is 0 Å². The monoisotopic (exact) mass is 273 g/mol. The zero-order valence-electron chi connectivity index (χ0n) is 11.1. The number of benzene rings is 1. The van der Waals surface area contributed by atoms with Crippen molar-refractivity contribution in [1.82, 2.24) is 9.78 Å². The number of aryl methyl sites for hydroxylation is 1. The second-order valence-corrected chi connectivity index (χ2v) is 4.48. The number of methoxy groups -OCH3 is 1. The Hall–Kier alpha value is -2.50. The third kappa shape index (κ3) is 2.45. The van der Waals surface area contributed by atoms with Crippen LogP contribution in [0.3, 0.4) is 0 Å². The highest BCUT2D eigenvalue weighted by atomic mass is 16.5. The number of carbonyl (C=O) groups excluding carboxylic acids is 1. The number of rotatable bonds is 3. The van der Waals surface area contributed by atoms with Crippen LogP contribution >= 0.6 is 0 Å². The maximum atomic E-state index is 12.1. The van der Waals surface area contributed by atoms with Crippen molar-refractivity contribution in [2.24, 2.45) is 0 Å². The Morgan fingerprint density at radius 2 is 2.35 bits per heavy atom. The Bertz CT molecular complexity index is 613. The lowest BCUT2D eigenvalue weighted by atomic mass is 10.3. The van der Waals surface area contributed by atoms with Crippen molar-refractivity contribution in [2.45, 2.75) is 13.0 Å². The Labute approximate surface area is 116 Å². The molecule has 2 heterocycles. The minimum absolute atomic E-state index is 0.260. The zero-order chi connectivity index (χ0) is 13.9. The van der Waals surface area contributed by atoms with Crippen LogP contribution < -0.4 is 14.8 Å². The van der Waals surface area contributed by atoms with Gasteiger partial charge in [0, 0.05) is 30.8 Å². The predicted molar refractivity (Wildman–Crippen MR) is 73.3 cm³/mol. The third-order valence-electron chi connectivity index (χ3n) is 3.07. The summed E-state index contributed by atoms with van der Waals surface area (Å²) in [5, 5.41) is 7.03. The highest BCUT2D eigenvalue weighted by Gasteiger charge is 2.17. The summed E-state index contributed by atoms with van der Waals surface area (Å²) >= 11 is 0. The predicted octanol–water partition coefficient (Wildman–Crippen LogP) is 1.93. The van der Waals surface area contributed by atoms with Gasteiger partial charge in [0.05, 0.1) is 13.7 Å². The maximum Gasteiger partial charge on any atom is 0.276 e. The lowest BCUT2D eigenvalue weighted by Gasteiger charge is -2.13. The molecule has 0 spiro atoms. The van der Waals surface area contributed by atoms with Gasteiger partial charge in [-0.25, -0.2) is 4.68 Å². The molecule has 1 aliphatic heterocycles. The molecule has 0 unspecified atom stereocenters. The molecule has 0 atom stereocenters. The molecule has 1 aromatic carbocycles. The number of aromatic nitrogens is 2. The molecule has 6 heteroatoms. The second-order valence-electron chi connectivity index (χ2n) is 4.48. The van der Waals surface area contributed by atoms with E-state index in [2.05, 4.69) is 10.4 Å². The summed E-state index contributed by atoms with van der Waals surface area (Å²) in [6, 6.07) is 8.85. The highest BCUT2D eigenvalue weighted by Crippen LogP contribution is 2.20. The fraction of sp³-hybridized carbons (Fsp3) is 0.286. The van der Waals surface area contributed by atoms with E-state index in [0.29, 0.717) is 29.6 Å². The van der Waals surface area contributed by atoms with E-state index in [0.717, 1.165) is 13.0 Å². The number of nitrogens with one attached hydrogen (secondary N) is 1. The van der Waals surface area contributed by atoms with E-state index < -0.39 is 0 Å². The molecule has 20 heavy (non-hydrogen) atoms. The van der Waals surface area contributed by atoms with Crippen molar-refractivity contribution in [3.8, 4) is 11.6 Å². The molecule has 1 aromatic heterocycles. The fourth-order valence-corrected chi connectivity index (χ4v) is 2.07. The number of ether oxygens (including phenoxy) is 2. The lowest BCUT2D eigenvalue weighted by molar-refractivity contribution is 0.102. The van der Waals surface area contributed by atoms with Crippen LogP contribution in [0.1, 0.15) is 16.9 Å². The number of carbonyl (C=O) groups is 1. The van der Waals surface area contributed by atoms with Crippen LogP contribution in [0.5, 0.6) is 11.6 Å². The van der Waals surface area contributed by atoms with Gasteiger partial charge in [-0.3, -0.25) is 4.79 Å². The molecule has 2 aromatic rings. The van der Waals surface area contributed by atoms with Crippen LogP contribution in [-0.4, -0.2) is 29.4 Å². The molecule has 1 aliphatic rings. The Balaban J connectivity index is 1.77. The summed E-state index contributed by atoms with van der Waals surface area (Å²) in [7, 11) is 1.59. The smallest absolute Gasteiger partial charge is 0.276 e. The molecule has 0 radical (unpaired) electrons. The van der Waals surface area contributed by atoms with Gasteiger partial charge in [0.15, 0.2) is 5.69 Å². The Morgan fingerprint density at radius 3 is 3.15 bits per heavy atom. The molecular formula is C14H15N3O3. The van der Waals surface area contributed by atoms with Gasteiger partial charge < -0.3 is 14.8 Å². The van der Waals surface area contributed by atoms with Crippen molar-refractivity contribution >= 4 is 11.6 Å². The minimum atomic E-state index is -0.260. The first kappa shape index (κ1) is 12.5. The summed E-state index contributed by atoms with van der Waals surface area (Å²) < 4.78 is 12.3. The standard InChI is InChI=1S/C14H15N3O3/c1-19-11-5-2-4-10(8-11)15-14(18)12-9-13-17(16-12)6-3-7-20-13/h2,4-5,8-9H,3,6-7H2,1H3,(H,15,18). The Kier molecular flexibility index (Phi) is 3.28. The van der Waals surface area contributed by atoms with Gasteiger partial charge in [-0.1, -0.05) is 6.07 Å². The molecular weight excluding hydrogens is 258 g/mol. The van der Waals surface area contributed by atoms with Crippen LogP contribution in [-0.2, 0) is 6.54 Å². The molecule has 1 N–H and O–H groups in total. The van der Waals surface area contributed by atoms with Gasteiger partial charge in [-0.15, -0.1) is 0 Å². The van der Waals surface area contributed by atoms with E-state index in [1.54, 1.807) is 30.0 Å². The second kappa shape index (κ2) is 5.24. The third-order valence-corrected chi connectivity index (χ3v) is 3.07. The van der Waals surface area contributed by atoms with E-state index in [4.69, 9.17) is 9.47 Å². The van der Waals surface area contributed by atoms with Crippen LogP contribution in [0.4, 0.5) is 5.69 Å². The maximum absolute atomic E-state index is 12.1. The van der Waals surface area contributed by atoms with Crippen LogP contribution in [0.15, 0.2) is 30.3 Å². The number of hydrogen-bond donors (Lipinski definition) is 1. The molecule has 104 valence electrons. The average molecular weight is 273 g/mol. The summed E-state index contributed by atoms with van der Waals surface area (Å²) in [6.07, 6.45) is 0.908. The van der Waals surface area contributed by atoms with Gasteiger partial charge in [0.1, 0.15) is 5.75 Å². The van der Waals surface area contributed by atoms with E-state index in [9.17, 15) is 4.79 Å². The van der Waals surface area contributed by atoms with Crippen LogP contribution in [0, 0.1) is 0 Å². The van der Waals surface area contributed by atoms with Gasteiger partial charge in [-0.05, 0) is 12.1 Å². The van der Waals surface area contributed by atoms with Crippen molar-refractivity contribution in [3.05, 3.63) is 36.0 Å². The highest BCUT2D eigenvalue weighted by molar-refractivity contribution is 6.03. The molecule has 3 rings (SSSR count). The average Bonchev–Trinajstić information content (AvgIpc) is 2.91. The Morgan fingerprint density at radius 1 is 1.45 bits per heavy atom. The summed E-state index contributed by atoms with van der Waals surface area (Å²) in [6.45, 7) is 1.45. The lowest BCUT2D eigenvalue weighted by Crippen LogP contribution is -2.16. The largest absolute Gasteiger partial charge is 0.497 e. The first-order valence-electron chi connectivity index (χ1n) is 6.42. The summed E-state index contributed by atoms with van der Waals surface area (Å²) in [5.74, 6) is 1.08. The molecule has 6 nitrogen and oxygen atoms in total. The quantitative estimate of drug-likeness (QED) is 0.928. The fourth-order valence-electron chi connectivity index (χ4n) is 2.07. The van der Waals surface area contributed by atoms with Crippen molar-refractivity contribution < 1.29 is 14.3 Å². The van der Waals surface area contributed by atoms with Gasteiger partial charge >= 0.3 is 0 Å². The summed E-state index contributed by atoms with van der Waals surface area (Å²) in [4.78, 5) is 12.1. The van der Waals surface area contributed by atoms with Crippen molar-refractivity contribution in [1.29, 1.82) is 0 Å². The normalized spacial score (nSPS) is 13.2. The number of nitrogens with zero attached hydrogens (tertiary/aromatic N) is 2. The van der Waals surface area contributed by atoms with Crippen LogP contribution in [0.25, 0.3) is 0 Å². The number of anilines is 1. The zero-order valence-corrected chi connectivity index (χ0v) is 11.1. The van der Waals surface area contributed by atoms with Crippen LogP contribution in [0.2, 0.25) is 0 Å². The van der Waals surface area contributed by atoms with E-state index in [1.165, 1.54) is 0 Å². The van der Waals surface area contributed by atoms with E-state index in [1.807, 2.05) is 12.1 Å². The van der Waals surface area contributed by atoms with Crippen molar-refractivity contribution in [2.75, 3.05) is 19.0 Å². The van der Waals surface area contributed by atoms with Crippen molar-refractivity contribution in [3.63, 3.8) is 0 Å². The molecule has 1 amide bonds. The molecule has 0 saturated carbocycles. The SMILES string of the molecule is COc1cccc(NC(=O)c2cc3n(n2)CCCO3)c1. The molecule has 0 aliphatic carbocycles. The van der Waals surface area contributed by atoms with Gasteiger partial charge in [-0.2, -0.15) is 5.10 Å². The summed E-state index contributed by atoms with van der Waals surface area (Å²) in [5.41, 5.74) is 1.02. The molecule has 0 saturated heterocycles. The van der Waals surface area contributed by atoms with Gasteiger partial charge in [0.25, 0.3) is 5.91 Å². The van der Waals surface area contributed by atoms with E-state index in [-0.39, 0.29) is 5.91 Å². The number of fused-ring (bicyclic) bond motifs is 1. The molecule has 0 fully saturated rings. The topological polar surface area (TPSA) is 65.4 Å².